The molecule has 4 saturated carbocycles. The molecule has 168 valence electrons. The Morgan fingerprint density at radius 2 is 1.58 bits per heavy atom. The molecule has 0 aromatic heterocycles. The van der Waals surface area contributed by atoms with Crippen molar-refractivity contribution in [2.24, 2.45) is 17.8 Å². The lowest BCUT2D eigenvalue weighted by Gasteiger charge is -2.57. The number of carbonyl (C=O) groups is 1. The molecule has 0 heterocycles. The maximum absolute atomic E-state index is 11.2. The molecule has 7 rings (SSSR count). The van der Waals surface area contributed by atoms with Crippen molar-refractivity contribution in [2.75, 3.05) is 0 Å². The van der Waals surface area contributed by atoms with Gasteiger partial charge in [-0.15, -0.1) is 0 Å². The van der Waals surface area contributed by atoms with Gasteiger partial charge in [-0.3, -0.25) is 4.79 Å². The molecule has 0 radical (unpaired) electrons. The highest BCUT2D eigenvalue weighted by Gasteiger charge is 2.52. The first kappa shape index (κ1) is 21.0. The Hall–Kier alpha value is -2.58. The summed E-state index contributed by atoms with van der Waals surface area (Å²) in [5.74, 6) is 3.59. The third-order valence-corrected chi connectivity index (χ3v) is 8.58. The first-order valence-corrected chi connectivity index (χ1v) is 12.6. The summed E-state index contributed by atoms with van der Waals surface area (Å²) in [6, 6.07) is 22.6. The van der Waals surface area contributed by atoms with E-state index in [9.17, 15) is 4.79 Å². The van der Waals surface area contributed by atoms with Gasteiger partial charge in [0.15, 0.2) is 0 Å². The van der Waals surface area contributed by atoms with Gasteiger partial charge in [0.05, 0.1) is 0 Å². The van der Waals surface area contributed by atoms with Crippen molar-refractivity contribution in [2.45, 2.75) is 50.5 Å². The van der Waals surface area contributed by atoms with E-state index in [4.69, 9.17) is 16.3 Å². The van der Waals surface area contributed by atoms with Gasteiger partial charge in [-0.05, 0) is 91.0 Å². The van der Waals surface area contributed by atoms with Crippen LogP contribution in [0.3, 0.4) is 0 Å². The average molecular weight is 457 g/mol. The van der Waals surface area contributed by atoms with Crippen LogP contribution in [0.2, 0.25) is 5.02 Å². The van der Waals surface area contributed by atoms with Crippen LogP contribution < -0.4 is 4.74 Å². The summed E-state index contributed by atoms with van der Waals surface area (Å²) in [6.07, 6.45) is 8.93. The standard InChI is InChI=1S/C30H29ClO2/c31-28-13-21(18-32)6-8-26(28)25-7-9-29(33-19-20-4-2-1-3-5-20)27(14-25)30-15-22-10-23(16-30)12-24(11-22)17-30/h1-9,13-14,18,22-24H,10-12,15-17,19H2. The number of halogens is 1. The highest BCUT2D eigenvalue weighted by atomic mass is 35.5. The fourth-order valence-corrected chi connectivity index (χ4v) is 7.55. The summed E-state index contributed by atoms with van der Waals surface area (Å²) in [6.45, 7) is 0.578. The second-order valence-electron chi connectivity index (χ2n) is 10.5. The first-order valence-electron chi connectivity index (χ1n) is 12.2. The predicted octanol–water partition coefficient (Wildman–Crippen LogP) is 7.87. The van der Waals surface area contributed by atoms with Gasteiger partial charge in [-0.1, -0.05) is 60.1 Å². The van der Waals surface area contributed by atoms with E-state index in [1.807, 2.05) is 18.2 Å². The first-order chi connectivity index (χ1) is 16.1. The summed E-state index contributed by atoms with van der Waals surface area (Å²) in [7, 11) is 0. The van der Waals surface area contributed by atoms with Gasteiger partial charge in [0.1, 0.15) is 18.6 Å². The Labute approximate surface area is 200 Å². The van der Waals surface area contributed by atoms with Crippen LogP contribution in [0.5, 0.6) is 5.75 Å². The zero-order valence-electron chi connectivity index (χ0n) is 18.8. The molecular weight excluding hydrogens is 428 g/mol. The molecule has 0 unspecified atom stereocenters. The molecular formula is C30H29ClO2. The van der Waals surface area contributed by atoms with Crippen molar-refractivity contribution < 1.29 is 9.53 Å². The molecule has 3 aromatic rings. The molecule has 4 bridgehead atoms. The van der Waals surface area contributed by atoms with Crippen LogP contribution >= 0.6 is 11.6 Å². The van der Waals surface area contributed by atoms with Crippen molar-refractivity contribution in [1.29, 1.82) is 0 Å². The summed E-state index contributed by atoms with van der Waals surface area (Å²) in [4.78, 5) is 11.2. The Kier molecular flexibility index (Phi) is 5.30. The lowest BCUT2D eigenvalue weighted by atomic mass is 9.48. The summed E-state index contributed by atoms with van der Waals surface area (Å²) in [5, 5.41) is 0.619. The van der Waals surface area contributed by atoms with E-state index >= 15 is 0 Å². The number of benzene rings is 3. The maximum atomic E-state index is 11.2. The van der Waals surface area contributed by atoms with Gasteiger partial charge in [0.2, 0.25) is 0 Å². The average Bonchev–Trinajstić information content (AvgIpc) is 2.82. The molecule has 4 aliphatic rings. The molecule has 0 atom stereocenters. The summed E-state index contributed by atoms with van der Waals surface area (Å²) in [5.41, 5.74) is 5.45. The highest BCUT2D eigenvalue weighted by molar-refractivity contribution is 6.33. The van der Waals surface area contributed by atoms with Crippen LogP contribution in [0, 0.1) is 17.8 Å². The molecule has 4 aliphatic carbocycles. The molecule has 3 heteroatoms. The molecule has 2 nitrogen and oxygen atoms in total. The van der Waals surface area contributed by atoms with Gasteiger partial charge >= 0.3 is 0 Å². The molecule has 0 spiro atoms. The smallest absolute Gasteiger partial charge is 0.150 e. The Bertz CT molecular complexity index is 1150. The molecule has 0 aliphatic heterocycles. The van der Waals surface area contributed by atoms with E-state index in [2.05, 4.69) is 42.5 Å². The fourth-order valence-electron chi connectivity index (χ4n) is 7.25. The predicted molar refractivity (Wildman–Crippen MR) is 133 cm³/mol. The third kappa shape index (κ3) is 3.89. The van der Waals surface area contributed by atoms with E-state index < -0.39 is 0 Å². The molecule has 0 saturated heterocycles. The molecule has 33 heavy (non-hydrogen) atoms. The van der Waals surface area contributed by atoms with Gasteiger partial charge in [0, 0.05) is 21.7 Å². The van der Waals surface area contributed by atoms with Gasteiger partial charge in [-0.2, -0.15) is 0 Å². The zero-order chi connectivity index (χ0) is 22.4. The third-order valence-electron chi connectivity index (χ3n) is 8.27. The molecule has 0 N–H and O–H groups in total. The monoisotopic (exact) mass is 456 g/mol. The van der Waals surface area contributed by atoms with E-state index in [0.29, 0.717) is 17.2 Å². The fraction of sp³-hybridized carbons (Fsp3) is 0.367. The van der Waals surface area contributed by atoms with Crippen molar-refractivity contribution in [3.63, 3.8) is 0 Å². The van der Waals surface area contributed by atoms with Crippen molar-refractivity contribution in [1.82, 2.24) is 0 Å². The lowest BCUT2D eigenvalue weighted by molar-refractivity contribution is -0.00645. The number of rotatable bonds is 6. The van der Waals surface area contributed by atoms with Crippen molar-refractivity contribution in [3.05, 3.63) is 88.4 Å². The minimum atomic E-state index is 0.214. The van der Waals surface area contributed by atoms with Crippen LogP contribution in [0.1, 0.15) is 60.0 Å². The van der Waals surface area contributed by atoms with E-state index in [-0.39, 0.29) is 5.41 Å². The van der Waals surface area contributed by atoms with E-state index in [1.54, 1.807) is 6.07 Å². The van der Waals surface area contributed by atoms with Gasteiger partial charge < -0.3 is 4.74 Å². The quantitative estimate of drug-likeness (QED) is 0.353. The minimum Gasteiger partial charge on any atom is -0.489 e. The largest absolute Gasteiger partial charge is 0.489 e. The Morgan fingerprint density at radius 1 is 0.879 bits per heavy atom. The van der Waals surface area contributed by atoms with E-state index in [1.165, 1.54) is 49.7 Å². The zero-order valence-corrected chi connectivity index (χ0v) is 19.6. The van der Waals surface area contributed by atoms with Crippen LogP contribution in [0.15, 0.2) is 66.7 Å². The van der Waals surface area contributed by atoms with Crippen molar-refractivity contribution >= 4 is 17.9 Å². The molecule has 0 amide bonds. The second-order valence-corrected chi connectivity index (χ2v) is 10.9. The number of carbonyl (C=O) groups excluding carboxylic acids is 1. The second kappa shape index (κ2) is 8.33. The molecule has 3 aromatic carbocycles. The van der Waals surface area contributed by atoms with Crippen LogP contribution in [-0.4, -0.2) is 6.29 Å². The van der Waals surface area contributed by atoms with Gasteiger partial charge in [0.25, 0.3) is 0 Å². The van der Waals surface area contributed by atoms with Crippen LogP contribution in [0.25, 0.3) is 11.1 Å². The van der Waals surface area contributed by atoms with E-state index in [0.717, 1.165) is 40.9 Å². The van der Waals surface area contributed by atoms with Crippen LogP contribution in [-0.2, 0) is 12.0 Å². The SMILES string of the molecule is O=Cc1ccc(-c2ccc(OCc3ccccc3)c(C34CC5CC(CC(C5)C3)C4)c2)c(Cl)c1. The summed E-state index contributed by atoms with van der Waals surface area (Å²) < 4.78 is 6.49. The Morgan fingerprint density at radius 3 is 2.21 bits per heavy atom. The van der Waals surface area contributed by atoms with Crippen molar-refractivity contribution in [3.8, 4) is 16.9 Å². The number of aldehydes is 1. The number of hydrogen-bond acceptors (Lipinski definition) is 2. The number of ether oxygens (including phenoxy) is 1. The number of hydrogen-bond donors (Lipinski definition) is 0. The lowest BCUT2D eigenvalue weighted by Crippen LogP contribution is -2.48. The maximum Gasteiger partial charge on any atom is 0.150 e. The Balaban J connectivity index is 1.41. The minimum absolute atomic E-state index is 0.214. The van der Waals surface area contributed by atoms with Gasteiger partial charge in [-0.25, -0.2) is 0 Å². The van der Waals surface area contributed by atoms with Crippen LogP contribution in [0.4, 0.5) is 0 Å². The summed E-state index contributed by atoms with van der Waals surface area (Å²) >= 11 is 6.60. The molecule has 4 fully saturated rings. The topological polar surface area (TPSA) is 26.3 Å². The normalized spacial score (nSPS) is 27.5. The highest BCUT2D eigenvalue weighted by Crippen LogP contribution is 2.62.